The van der Waals surface area contributed by atoms with E-state index in [-0.39, 0.29) is 0 Å². The Morgan fingerprint density at radius 2 is 2.08 bits per heavy atom. The van der Waals surface area contributed by atoms with Crippen molar-refractivity contribution in [2.45, 2.75) is 0 Å². The first-order valence-electron chi connectivity index (χ1n) is 3.65. The van der Waals surface area contributed by atoms with Gasteiger partial charge in [-0.2, -0.15) is 0 Å². The number of benzene rings is 1. The molecule has 0 radical (unpaired) electrons. The van der Waals surface area contributed by atoms with E-state index in [0.717, 1.165) is 21.9 Å². The lowest BCUT2D eigenvalue weighted by molar-refractivity contribution is 0.456. The molecule has 0 saturated carbocycles. The number of hydrogen-bond acceptors (Lipinski definition) is 3. The fourth-order valence-electron chi connectivity index (χ4n) is 1.33. The molecular weight excluding hydrogens is 154 g/mol. The molecule has 3 rings (SSSR count). The van der Waals surface area contributed by atoms with Gasteiger partial charge in [0, 0.05) is 16.8 Å². The van der Waals surface area contributed by atoms with Crippen molar-refractivity contribution in [3.8, 4) is 0 Å². The molecule has 2 aromatic heterocycles. The maximum Gasteiger partial charge on any atom is 0.170 e. The Morgan fingerprint density at radius 3 is 3.08 bits per heavy atom. The van der Waals surface area contributed by atoms with E-state index in [1.165, 1.54) is 0 Å². The Hall–Kier alpha value is -1.77. The van der Waals surface area contributed by atoms with Gasteiger partial charge in [0.25, 0.3) is 0 Å². The molecule has 2 heterocycles. The fourth-order valence-corrected chi connectivity index (χ4v) is 1.33. The zero-order valence-corrected chi connectivity index (χ0v) is 6.15. The molecular formula is C9H5NO2. The Kier molecular flexibility index (Phi) is 0.913. The van der Waals surface area contributed by atoms with Gasteiger partial charge >= 0.3 is 0 Å². The average Bonchev–Trinajstić information content (AvgIpc) is 2.64. The molecule has 58 valence electrons. The number of fused-ring (bicyclic) bond motifs is 2. The van der Waals surface area contributed by atoms with Gasteiger partial charge in [-0.05, 0) is 12.1 Å². The van der Waals surface area contributed by atoms with Crippen molar-refractivity contribution >= 4 is 21.9 Å². The number of nitrogens with zero attached hydrogens (tertiary/aromatic N) is 1. The van der Waals surface area contributed by atoms with E-state index in [9.17, 15) is 0 Å². The van der Waals surface area contributed by atoms with Crippen LogP contribution in [0.2, 0.25) is 0 Å². The van der Waals surface area contributed by atoms with Crippen molar-refractivity contribution in [2.75, 3.05) is 0 Å². The first-order chi connectivity index (χ1) is 5.93. The molecule has 0 spiro atoms. The fraction of sp³-hybridized carbons (Fsp3) is 0. The molecule has 0 fully saturated rings. The van der Waals surface area contributed by atoms with Crippen molar-refractivity contribution < 1.29 is 8.94 Å². The predicted molar refractivity (Wildman–Crippen MR) is 43.8 cm³/mol. The van der Waals surface area contributed by atoms with E-state index in [2.05, 4.69) is 5.16 Å². The summed E-state index contributed by atoms with van der Waals surface area (Å²) >= 11 is 0. The van der Waals surface area contributed by atoms with Gasteiger partial charge in [-0.25, -0.2) is 0 Å². The van der Waals surface area contributed by atoms with Crippen LogP contribution in [-0.2, 0) is 0 Å². The monoisotopic (exact) mass is 159 g/mol. The van der Waals surface area contributed by atoms with Gasteiger partial charge in [-0.15, -0.1) is 0 Å². The maximum atomic E-state index is 5.21. The summed E-state index contributed by atoms with van der Waals surface area (Å²) in [6, 6.07) is 5.75. The van der Waals surface area contributed by atoms with Crippen LogP contribution in [0, 0.1) is 0 Å². The number of rotatable bonds is 0. The highest BCUT2D eigenvalue weighted by Crippen LogP contribution is 2.22. The van der Waals surface area contributed by atoms with Crippen LogP contribution in [0.15, 0.2) is 39.6 Å². The van der Waals surface area contributed by atoms with Gasteiger partial charge in [0.2, 0.25) is 0 Å². The molecule has 0 amide bonds. The van der Waals surface area contributed by atoms with E-state index >= 15 is 0 Å². The van der Waals surface area contributed by atoms with E-state index < -0.39 is 0 Å². The molecule has 0 N–H and O–H groups in total. The summed E-state index contributed by atoms with van der Waals surface area (Å²) < 4.78 is 10.2. The molecule has 12 heavy (non-hydrogen) atoms. The summed E-state index contributed by atoms with van der Waals surface area (Å²) in [5.74, 6) is 0. The molecule has 0 aliphatic rings. The van der Waals surface area contributed by atoms with E-state index in [0.29, 0.717) is 0 Å². The second kappa shape index (κ2) is 1.88. The third-order valence-corrected chi connectivity index (χ3v) is 1.93. The summed E-state index contributed by atoms with van der Waals surface area (Å²) in [5, 5.41) is 5.77. The van der Waals surface area contributed by atoms with Crippen LogP contribution < -0.4 is 0 Å². The van der Waals surface area contributed by atoms with E-state index in [1.807, 2.05) is 18.2 Å². The topological polar surface area (TPSA) is 39.2 Å². The molecule has 0 saturated heterocycles. The molecule has 0 aliphatic heterocycles. The lowest BCUT2D eigenvalue weighted by atomic mass is 10.2. The summed E-state index contributed by atoms with van der Waals surface area (Å²) in [4.78, 5) is 0. The van der Waals surface area contributed by atoms with Crippen LogP contribution >= 0.6 is 0 Å². The van der Waals surface area contributed by atoms with Gasteiger partial charge in [0.1, 0.15) is 5.58 Å². The van der Waals surface area contributed by atoms with Gasteiger partial charge in [-0.3, -0.25) is 0 Å². The molecule has 3 nitrogen and oxygen atoms in total. The van der Waals surface area contributed by atoms with Crippen LogP contribution in [0.4, 0.5) is 0 Å². The van der Waals surface area contributed by atoms with Crippen LogP contribution in [-0.4, -0.2) is 5.16 Å². The highest BCUT2D eigenvalue weighted by atomic mass is 16.5. The molecule has 3 aromatic rings. The smallest absolute Gasteiger partial charge is 0.170 e. The lowest BCUT2D eigenvalue weighted by Crippen LogP contribution is -1.63. The van der Waals surface area contributed by atoms with Crippen molar-refractivity contribution in [3.05, 3.63) is 30.7 Å². The van der Waals surface area contributed by atoms with E-state index in [1.54, 1.807) is 12.5 Å². The minimum absolute atomic E-state index is 0.762. The first kappa shape index (κ1) is 5.83. The summed E-state index contributed by atoms with van der Waals surface area (Å²) in [6.45, 7) is 0. The molecule has 0 bridgehead atoms. The lowest BCUT2D eigenvalue weighted by Gasteiger charge is -1.86. The first-order valence-corrected chi connectivity index (χ1v) is 3.65. The van der Waals surface area contributed by atoms with Crippen molar-refractivity contribution in [2.24, 2.45) is 0 Å². The zero-order chi connectivity index (χ0) is 7.97. The number of aromatic nitrogens is 1. The van der Waals surface area contributed by atoms with Gasteiger partial charge in [-0.1, -0.05) is 5.16 Å². The standard InChI is InChI=1S/C9H5NO2/c1-2-11-8-4-9-7(3-6(1)8)5-10-12-9/h1-5H. The predicted octanol–water partition coefficient (Wildman–Crippen LogP) is 2.57. The summed E-state index contributed by atoms with van der Waals surface area (Å²) in [5.41, 5.74) is 1.59. The second-order valence-corrected chi connectivity index (χ2v) is 2.67. The third kappa shape index (κ3) is 0.625. The van der Waals surface area contributed by atoms with Crippen LogP contribution in [0.1, 0.15) is 0 Å². The Labute approximate surface area is 67.6 Å². The Morgan fingerprint density at radius 1 is 1.08 bits per heavy atom. The van der Waals surface area contributed by atoms with Gasteiger partial charge in [0.05, 0.1) is 12.5 Å². The Bertz CT molecular complexity index is 444. The molecule has 0 unspecified atom stereocenters. The molecule has 1 aromatic carbocycles. The maximum absolute atomic E-state index is 5.21. The normalized spacial score (nSPS) is 11.3. The molecule has 3 heteroatoms. The van der Waals surface area contributed by atoms with Crippen LogP contribution in [0.5, 0.6) is 0 Å². The average molecular weight is 159 g/mol. The largest absolute Gasteiger partial charge is 0.464 e. The van der Waals surface area contributed by atoms with Crippen LogP contribution in [0.25, 0.3) is 21.9 Å². The minimum atomic E-state index is 0.762. The van der Waals surface area contributed by atoms with Crippen molar-refractivity contribution in [1.29, 1.82) is 0 Å². The van der Waals surface area contributed by atoms with Gasteiger partial charge < -0.3 is 8.94 Å². The Balaban J connectivity index is 2.62. The highest BCUT2D eigenvalue weighted by Gasteiger charge is 2.02. The highest BCUT2D eigenvalue weighted by molar-refractivity contribution is 5.92. The zero-order valence-electron chi connectivity index (χ0n) is 6.15. The second-order valence-electron chi connectivity index (χ2n) is 2.67. The molecule has 0 aliphatic carbocycles. The number of furan rings is 1. The van der Waals surface area contributed by atoms with Crippen molar-refractivity contribution in [3.63, 3.8) is 0 Å². The van der Waals surface area contributed by atoms with Crippen molar-refractivity contribution in [1.82, 2.24) is 5.16 Å². The number of hydrogen-bond donors (Lipinski definition) is 0. The van der Waals surface area contributed by atoms with Crippen LogP contribution in [0.3, 0.4) is 0 Å². The van der Waals surface area contributed by atoms with E-state index in [4.69, 9.17) is 8.94 Å². The summed E-state index contributed by atoms with van der Waals surface area (Å²) in [7, 11) is 0. The third-order valence-electron chi connectivity index (χ3n) is 1.93. The SMILES string of the molecule is c1cc2cc3cnoc3cc2o1. The van der Waals surface area contributed by atoms with Gasteiger partial charge in [0.15, 0.2) is 5.58 Å². The molecule has 0 atom stereocenters. The summed E-state index contributed by atoms with van der Waals surface area (Å²) in [6.07, 6.45) is 3.36. The quantitative estimate of drug-likeness (QED) is 0.506. The minimum Gasteiger partial charge on any atom is -0.464 e.